The van der Waals surface area contributed by atoms with Crippen LogP contribution >= 0.6 is 34.2 Å². The minimum Gasteiger partial charge on any atom is -0.354 e. The molecule has 20 heavy (non-hydrogen) atoms. The smallest absolute Gasteiger partial charge is 0.253 e. The summed E-state index contributed by atoms with van der Waals surface area (Å²) in [5.74, 6) is 0.219. The molecular weight excluding hydrogens is 316 g/mol. The van der Waals surface area contributed by atoms with Gasteiger partial charge in [0.2, 0.25) is 5.91 Å². The average molecular weight is 334 g/mol. The molecule has 0 radical (unpaired) electrons. The Morgan fingerprint density at radius 1 is 1.40 bits per heavy atom. The summed E-state index contributed by atoms with van der Waals surface area (Å²) in [6, 6.07) is 0. The van der Waals surface area contributed by atoms with Gasteiger partial charge < -0.3 is 5.32 Å². The summed E-state index contributed by atoms with van der Waals surface area (Å²) in [4.78, 5) is 35.2. The number of carbonyl (C=O) groups excluding carboxylic acids is 3. The van der Waals surface area contributed by atoms with E-state index in [4.69, 9.17) is 0 Å². The van der Waals surface area contributed by atoms with Crippen LogP contribution in [-0.4, -0.2) is 46.0 Å². The van der Waals surface area contributed by atoms with E-state index in [1.54, 1.807) is 11.8 Å². The van der Waals surface area contributed by atoms with Crippen molar-refractivity contribution in [3.05, 3.63) is 12.2 Å². The van der Waals surface area contributed by atoms with E-state index < -0.39 is 0 Å². The minimum atomic E-state index is -0.320. The molecule has 5 nitrogen and oxygen atoms in total. The Kier molecular flexibility index (Phi) is 8.16. The first-order valence-corrected chi connectivity index (χ1v) is 9.24. The second-order valence-electron chi connectivity index (χ2n) is 4.16. The second-order valence-corrected chi connectivity index (χ2v) is 7.46. The number of nitrogens with zero attached hydrogens (tertiary/aromatic N) is 1. The SMILES string of the molecule is CC(SS)SCCCC(=O)NCCN1C(=O)C=CC1=O. The summed E-state index contributed by atoms with van der Waals surface area (Å²) in [5, 5.41) is 2.71. The highest BCUT2D eigenvalue weighted by molar-refractivity contribution is 8.70. The van der Waals surface area contributed by atoms with Crippen molar-refractivity contribution in [2.24, 2.45) is 0 Å². The van der Waals surface area contributed by atoms with Crippen LogP contribution in [0.15, 0.2) is 12.2 Å². The Hall–Kier alpha value is -0.600. The van der Waals surface area contributed by atoms with Crippen LogP contribution in [0.3, 0.4) is 0 Å². The van der Waals surface area contributed by atoms with Crippen LogP contribution in [0.2, 0.25) is 0 Å². The number of imide groups is 1. The highest BCUT2D eigenvalue weighted by Gasteiger charge is 2.22. The Labute approximate surface area is 132 Å². The van der Waals surface area contributed by atoms with E-state index in [1.807, 2.05) is 0 Å². The highest BCUT2D eigenvalue weighted by Crippen LogP contribution is 2.26. The van der Waals surface area contributed by atoms with Crippen LogP contribution in [0.25, 0.3) is 0 Å². The largest absolute Gasteiger partial charge is 0.354 e. The lowest BCUT2D eigenvalue weighted by molar-refractivity contribution is -0.137. The zero-order valence-corrected chi connectivity index (χ0v) is 13.7. The van der Waals surface area contributed by atoms with Gasteiger partial charge in [0.1, 0.15) is 0 Å². The first-order chi connectivity index (χ1) is 9.54. The zero-order valence-electron chi connectivity index (χ0n) is 11.2. The molecule has 1 aliphatic heterocycles. The maximum atomic E-state index is 11.5. The molecule has 1 N–H and O–H groups in total. The summed E-state index contributed by atoms with van der Waals surface area (Å²) < 4.78 is 0.418. The number of amides is 3. The summed E-state index contributed by atoms with van der Waals surface area (Å²) in [5.41, 5.74) is 0. The standard InChI is InChI=1S/C12H18N2O3S3/c1-9(20-18)19-8-2-3-10(15)13-6-7-14-11(16)4-5-12(14)17/h4-5,9,18H,2-3,6-8H2,1H3,(H,13,15). The normalized spacial score (nSPS) is 15.8. The summed E-state index contributed by atoms with van der Waals surface area (Å²) >= 11 is 5.88. The van der Waals surface area contributed by atoms with Gasteiger partial charge in [-0.1, -0.05) is 10.8 Å². The van der Waals surface area contributed by atoms with E-state index in [-0.39, 0.29) is 24.3 Å². The van der Waals surface area contributed by atoms with E-state index in [9.17, 15) is 14.4 Å². The average Bonchev–Trinajstić information content (AvgIpc) is 2.75. The Bertz CT molecular complexity index is 383. The maximum absolute atomic E-state index is 11.5. The van der Waals surface area contributed by atoms with Crippen LogP contribution in [0, 0.1) is 0 Å². The molecule has 0 aromatic carbocycles. The van der Waals surface area contributed by atoms with Crippen molar-refractivity contribution in [3.8, 4) is 0 Å². The van der Waals surface area contributed by atoms with Gasteiger partial charge in [0.25, 0.3) is 11.8 Å². The maximum Gasteiger partial charge on any atom is 0.253 e. The van der Waals surface area contributed by atoms with Crippen molar-refractivity contribution >= 4 is 51.9 Å². The number of rotatable bonds is 9. The molecule has 112 valence electrons. The molecule has 1 unspecified atom stereocenters. The fourth-order valence-electron chi connectivity index (χ4n) is 1.56. The third-order valence-electron chi connectivity index (χ3n) is 2.61. The number of carbonyl (C=O) groups is 3. The van der Waals surface area contributed by atoms with Gasteiger partial charge in [-0.15, -0.1) is 23.4 Å². The van der Waals surface area contributed by atoms with Gasteiger partial charge in [-0.3, -0.25) is 19.3 Å². The second kappa shape index (κ2) is 9.36. The van der Waals surface area contributed by atoms with Crippen LogP contribution in [0.1, 0.15) is 19.8 Å². The van der Waals surface area contributed by atoms with Crippen molar-refractivity contribution in [2.75, 3.05) is 18.8 Å². The van der Waals surface area contributed by atoms with E-state index in [0.717, 1.165) is 17.1 Å². The van der Waals surface area contributed by atoms with Crippen molar-refractivity contribution in [1.82, 2.24) is 10.2 Å². The first kappa shape index (κ1) is 17.5. The summed E-state index contributed by atoms with van der Waals surface area (Å²) in [7, 11) is 1.49. The molecule has 0 aromatic heterocycles. The molecule has 0 aliphatic carbocycles. The molecular formula is C12H18N2O3S3. The number of nitrogens with one attached hydrogen (secondary N) is 1. The number of hydrogen-bond donors (Lipinski definition) is 2. The van der Waals surface area contributed by atoms with Crippen LogP contribution in [-0.2, 0) is 14.4 Å². The van der Waals surface area contributed by atoms with Gasteiger partial charge in [0.05, 0.1) is 4.58 Å². The zero-order chi connectivity index (χ0) is 15.0. The van der Waals surface area contributed by atoms with E-state index in [0.29, 0.717) is 17.5 Å². The quantitative estimate of drug-likeness (QED) is 0.220. The molecule has 0 fully saturated rings. The predicted molar refractivity (Wildman–Crippen MR) is 86.6 cm³/mol. The molecule has 1 rings (SSSR count). The summed E-state index contributed by atoms with van der Waals surface area (Å²) in [6.45, 7) is 2.59. The lowest BCUT2D eigenvalue weighted by atomic mass is 10.3. The van der Waals surface area contributed by atoms with Gasteiger partial charge in [-0.2, -0.15) is 0 Å². The fourth-order valence-corrected chi connectivity index (χ4v) is 3.28. The molecule has 1 aliphatic rings. The number of thiol groups is 1. The molecule has 0 saturated heterocycles. The molecule has 0 saturated carbocycles. The topological polar surface area (TPSA) is 66.5 Å². The van der Waals surface area contributed by atoms with Gasteiger partial charge >= 0.3 is 0 Å². The Balaban J connectivity index is 2.06. The molecule has 1 heterocycles. The predicted octanol–water partition coefficient (Wildman–Crippen LogP) is 1.46. The van der Waals surface area contributed by atoms with Crippen molar-refractivity contribution < 1.29 is 14.4 Å². The molecule has 0 spiro atoms. The van der Waals surface area contributed by atoms with Gasteiger partial charge in [0.15, 0.2) is 0 Å². The lowest BCUT2D eigenvalue weighted by Gasteiger charge is -2.14. The molecule has 8 heteroatoms. The third kappa shape index (κ3) is 6.23. The van der Waals surface area contributed by atoms with E-state index >= 15 is 0 Å². The van der Waals surface area contributed by atoms with Crippen LogP contribution in [0.5, 0.6) is 0 Å². The summed E-state index contributed by atoms with van der Waals surface area (Å²) in [6.07, 6.45) is 3.74. The fraction of sp³-hybridized carbons (Fsp3) is 0.583. The highest BCUT2D eigenvalue weighted by atomic mass is 33.1. The molecule has 0 aromatic rings. The lowest BCUT2D eigenvalue weighted by Crippen LogP contribution is -2.38. The van der Waals surface area contributed by atoms with Crippen LogP contribution < -0.4 is 5.32 Å². The van der Waals surface area contributed by atoms with Gasteiger partial charge in [-0.25, -0.2) is 0 Å². The van der Waals surface area contributed by atoms with E-state index in [1.165, 1.54) is 22.9 Å². The van der Waals surface area contributed by atoms with E-state index in [2.05, 4.69) is 23.9 Å². The first-order valence-electron chi connectivity index (χ1n) is 6.26. The van der Waals surface area contributed by atoms with Crippen molar-refractivity contribution in [2.45, 2.75) is 24.3 Å². The van der Waals surface area contributed by atoms with Crippen molar-refractivity contribution in [1.29, 1.82) is 0 Å². The third-order valence-corrected chi connectivity index (χ3v) is 5.97. The minimum absolute atomic E-state index is 0.0520. The van der Waals surface area contributed by atoms with Gasteiger partial charge in [-0.05, 0) is 19.1 Å². The molecule has 1 atom stereocenters. The Morgan fingerprint density at radius 3 is 2.65 bits per heavy atom. The Morgan fingerprint density at radius 2 is 2.05 bits per heavy atom. The van der Waals surface area contributed by atoms with Crippen molar-refractivity contribution in [3.63, 3.8) is 0 Å². The van der Waals surface area contributed by atoms with Gasteiger partial charge in [0, 0.05) is 31.7 Å². The number of thioether (sulfide) groups is 1. The molecule has 0 bridgehead atoms. The monoisotopic (exact) mass is 334 g/mol. The van der Waals surface area contributed by atoms with Crippen LogP contribution in [0.4, 0.5) is 0 Å². The molecule has 3 amide bonds. The number of hydrogen-bond acceptors (Lipinski definition) is 6.